The van der Waals surface area contributed by atoms with Crippen molar-refractivity contribution >= 4 is 0 Å². The number of phenols is 1. The van der Waals surface area contributed by atoms with Crippen LogP contribution in [0, 0.1) is 0 Å². The van der Waals surface area contributed by atoms with Crippen LogP contribution in [0.1, 0.15) is 42.8 Å². The molecule has 4 rings (SSSR count). The number of halogens is 3. The Morgan fingerprint density at radius 2 is 1.89 bits per heavy atom. The third-order valence-electron chi connectivity index (χ3n) is 6.44. The summed E-state index contributed by atoms with van der Waals surface area (Å²) in [5, 5.41) is 13.0. The van der Waals surface area contributed by atoms with E-state index in [1.165, 1.54) is 11.6 Å². The van der Waals surface area contributed by atoms with Crippen LogP contribution in [-0.2, 0) is 25.6 Å². The Bertz CT molecular complexity index is 1150. The lowest BCUT2D eigenvalue weighted by Gasteiger charge is -2.37. The summed E-state index contributed by atoms with van der Waals surface area (Å²) in [6.07, 6.45) is -1.26. The molecule has 35 heavy (non-hydrogen) atoms. The molecule has 1 aliphatic heterocycles. The van der Waals surface area contributed by atoms with Gasteiger partial charge in [-0.3, -0.25) is 4.90 Å². The number of hydrogen-bond donors (Lipinski definition) is 2. The van der Waals surface area contributed by atoms with Gasteiger partial charge in [-0.05, 0) is 62.1 Å². The van der Waals surface area contributed by atoms with E-state index in [-0.39, 0.29) is 0 Å². The molecule has 1 aliphatic rings. The molecule has 0 bridgehead atoms. The van der Waals surface area contributed by atoms with Crippen LogP contribution < -0.4 is 5.32 Å². The van der Waals surface area contributed by atoms with E-state index >= 15 is 0 Å². The van der Waals surface area contributed by atoms with Gasteiger partial charge in [0.15, 0.2) is 0 Å². The number of nitrogens with one attached hydrogen (secondary N) is 1. The van der Waals surface area contributed by atoms with Gasteiger partial charge in [0.2, 0.25) is 0 Å². The highest BCUT2D eigenvalue weighted by atomic mass is 19.4. The van der Waals surface area contributed by atoms with Gasteiger partial charge in [-0.15, -0.1) is 0 Å². The molecule has 0 aliphatic carbocycles. The van der Waals surface area contributed by atoms with Crippen molar-refractivity contribution in [3.05, 3.63) is 77.2 Å². The lowest BCUT2D eigenvalue weighted by Crippen LogP contribution is -2.53. The van der Waals surface area contributed by atoms with Crippen LogP contribution in [0.4, 0.5) is 13.2 Å². The Morgan fingerprint density at radius 1 is 1.06 bits per heavy atom. The van der Waals surface area contributed by atoms with Gasteiger partial charge in [0.05, 0.1) is 11.3 Å². The van der Waals surface area contributed by atoms with Gasteiger partial charge in [-0.1, -0.05) is 24.3 Å². The molecule has 0 radical (unpaired) electrons. The fourth-order valence-electron chi connectivity index (χ4n) is 4.48. The average Bonchev–Trinajstić information content (AvgIpc) is 2.82. The first-order chi connectivity index (χ1) is 16.7. The Kier molecular flexibility index (Phi) is 7.72. The van der Waals surface area contributed by atoms with Crippen molar-refractivity contribution in [1.29, 1.82) is 0 Å². The van der Waals surface area contributed by atoms with Gasteiger partial charge in [0.1, 0.15) is 11.6 Å². The minimum atomic E-state index is -4.58. The molecule has 0 unspecified atom stereocenters. The zero-order valence-corrected chi connectivity index (χ0v) is 20.0. The van der Waals surface area contributed by atoms with Crippen LogP contribution in [0.5, 0.6) is 5.75 Å². The molecule has 2 heterocycles. The number of aromatic nitrogens is 2. The summed E-state index contributed by atoms with van der Waals surface area (Å²) >= 11 is 0. The molecular formula is C27H31F3N4O. The minimum Gasteiger partial charge on any atom is -0.507 e. The summed E-state index contributed by atoms with van der Waals surface area (Å²) < 4.78 is 39.1. The van der Waals surface area contributed by atoms with E-state index in [0.29, 0.717) is 42.7 Å². The second kappa shape index (κ2) is 10.7. The Balaban J connectivity index is 1.40. The number of benzene rings is 2. The molecule has 1 fully saturated rings. The van der Waals surface area contributed by atoms with E-state index in [9.17, 15) is 18.3 Å². The van der Waals surface area contributed by atoms with E-state index < -0.39 is 17.5 Å². The summed E-state index contributed by atoms with van der Waals surface area (Å²) in [4.78, 5) is 11.5. The van der Waals surface area contributed by atoms with Crippen molar-refractivity contribution in [2.24, 2.45) is 0 Å². The smallest absolute Gasteiger partial charge is 0.419 e. The van der Waals surface area contributed by atoms with Crippen molar-refractivity contribution in [3.63, 3.8) is 0 Å². The summed E-state index contributed by atoms with van der Waals surface area (Å²) in [6, 6.07) is 14.9. The van der Waals surface area contributed by atoms with Gasteiger partial charge < -0.3 is 10.4 Å². The maximum atomic E-state index is 13.0. The summed E-state index contributed by atoms with van der Waals surface area (Å²) in [5.41, 5.74) is 2.61. The first-order valence-corrected chi connectivity index (χ1v) is 12.0. The predicted molar refractivity (Wildman–Crippen MR) is 130 cm³/mol. The zero-order chi connectivity index (χ0) is 25.0. The van der Waals surface area contributed by atoms with Crippen LogP contribution in [0.3, 0.4) is 0 Å². The lowest BCUT2D eigenvalue weighted by atomic mass is 10.0. The molecule has 0 saturated carbocycles. The number of alkyl halides is 3. The van der Waals surface area contributed by atoms with Crippen LogP contribution in [0.15, 0.2) is 54.7 Å². The normalized spacial score (nSPS) is 19.1. The topological polar surface area (TPSA) is 61.3 Å². The van der Waals surface area contributed by atoms with Crippen molar-refractivity contribution in [2.45, 2.75) is 57.9 Å². The van der Waals surface area contributed by atoms with E-state index in [1.54, 1.807) is 6.20 Å². The van der Waals surface area contributed by atoms with Crippen LogP contribution >= 0.6 is 0 Å². The molecule has 5 nitrogen and oxygen atoms in total. The fourth-order valence-corrected chi connectivity index (χ4v) is 4.48. The molecule has 0 amide bonds. The SMILES string of the molecule is C[C@H]1CN(Cc2cccc(-c3ccnc(CCCc4ccc(O)c(C(F)(F)F)c4)n3)c2)[C@@H](C)CN1. The third kappa shape index (κ3) is 6.58. The summed E-state index contributed by atoms with van der Waals surface area (Å²) in [6.45, 7) is 7.31. The van der Waals surface area contributed by atoms with Gasteiger partial charge in [0.25, 0.3) is 0 Å². The maximum Gasteiger partial charge on any atom is 0.419 e. The highest BCUT2D eigenvalue weighted by molar-refractivity contribution is 5.59. The highest BCUT2D eigenvalue weighted by Gasteiger charge is 2.33. The molecule has 0 spiro atoms. The molecule has 2 N–H and O–H groups in total. The molecule has 186 valence electrons. The first-order valence-electron chi connectivity index (χ1n) is 12.0. The van der Waals surface area contributed by atoms with Crippen molar-refractivity contribution in [3.8, 4) is 17.0 Å². The molecule has 2 atom stereocenters. The molecule has 2 aromatic carbocycles. The molecule has 8 heteroatoms. The Morgan fingerprint density at radius 3 is 2.69 bits per heavy atom. The van der Waals surface area contributed by atoms with Gasteiger partial charge in [-0.2, -0.15) is 13.2 Å². The Labute approximate surface area is 204 Å². The Hall–Kier alpha value is -2.97. The maximum absolute atomic E-state index is 13.0. The summed E-state index contributed by atoms with van der Waals surface area (Å²) in [7, 11) is 0. The van der Waals surface area contributed by atoms with Crippen LogP contribution in [0.2, 0.25) is 0 Å². The van der Waals surface area contributed by atoms with E-state index in [1.807, 2.05) is 18.2 Å². The van der Waals surface area contributed by atoms with Gasteiger partial charge >= 0.3 is 6.18 Å². The van der Waals surface area contributed by atoms with E-state index in [4.69, 9.17) is 4.98 Å². The average molecular weight is 485 g/mol. The number of piperazine rings is 1. The number of nitrogens with zero attached hydrogens (tertiary/aromatic N) is 3. The predicted octanol–water partition coefficient (Wildman–Crippen LogP) is 5.23. The molecule has 1 saturated heterocycles. The molecule has 3 aromatic rings. The number of rotatable bonds is 7. The monoisotopic (exact) mass is 484 g/mol. The largest absolute Gasteiger partial charge is 0.507 e. The van der Waals surface area contributed by atoms with E-state index in [2.05, 4.69) is 41.2 Å². The standard InChI is InChI=1S/C27H31F3N4O/c1-18-16-34(19(2)15-32-18)17-21-6-3-7-22(13-21)24-11-12-31-26(33-24)8-4-5-20-9-10-25(35)23(14-20)27(28,29)30/h3,6-7,9-14,18-19,32,35H,4-5,8,15-17H2,1-2H3/t18-,19-/m0/s1. The van der Waals surface area contributed by atoms with Crippen molar-refractivity contribution < 1.29 is 18.3 Å². The highest BCUT2D eigenvalue weighted by Crippen LogP contribution is 2.36. The van der Waals surface area contributed by atoms with Gasteiger partial charge in [-0.25, -0.2) is 9.97 Å². The molecular weight excluding hydrogens is 453 g/mol. The van der Waals surface area contributed by atoms with Crippen molar-refractivity contribution in [1.82, 2.24) is 20.2 Å². The quantitative estimate of drug-likeness (QED) is 0.481. The first kappa shape index (κ1) is 25.1. The number of phenolic OH excluding ortho intramolecular Hbond substituents is 1. The van der Waals surface area contributed by atoms with Crippen LogP contribution in [-0.4, -0.2) is 45.1 Å². The second-order valence-electron chi connectivity index (χ2n) is 9.35. The third-order valence-corrected chi connectivity index (χ3v) is 6.44. The minimum absolute atomic E-state index is 0.438. The van der Waals surface area contributed by atoms with Crippen LogP contribution in [0.25, 0.3) is 11.3 Å². The molecule has 1 aromatic heterocycles. The number of hydrogen-bond acceptors (Lipinski definition) is 5. The lowest BCUT2D eigenvalue weighted by molar-refractivity contribution is -0.138. The fraction of sp³-hybridized carbons (Fsp3) is 0.407. The van der Waals surface area contributed by atoms with E-state index in [0.717, 1.165) is 43.0 Å². The van der Waals surface area contributed by atoms with Gasteiger partial charge in [0, 0.05) is 49.9 Å². The van der Waals surface area contributed by atoms with Crippen molar-refractivity contribution in [2.75, 3.05) is 13.1 Å². The number of aryl methyl sites for hydroxylation is 2. The zero-order valence-electron chi connectivity index (χ0n) is 20.0. The summed E-state index contributed by atoms with van der Waals surface area (Å²) in [5.74, 6) is -0.0901. The number of aromatic hydroxyl groups is 1. The second-order valence-corrected chi connectivity index (χ2v) is 9.35.